The van der Waals surface area contributed by atoms with E-state index in [0.717, 1.165) is 16.0 Å². The summed E-state index contributed by atoms with van der Waals surface area (Å²) in [5, 5.41) is 2.84. The van der Waals surface area contributed by atoms with Gasteiger partial charge in [0.05, 0.1) is 11.4 Å². The standard InChI is InChI=1S/C20H17FN2OS/c1-25-17-9-4-14(5-10-17)20(24)23-19-12-15(6-11-18(19)22)13-2-7-16(21)8-3-13/h2-12H,22H2,1H3,(H,23,24). The number of nitrogen functional groups attached to an aromatic ring is 1. The van der Waals surface area contributed by atoms with E-state index in [-0.39, 0.29) is 11.7 Å². The SMILES string of the molecule is CSc1ccc(C(=O)Nc2cc(-c3ccc(F)cc3)ccc2N)cc1. The maximum absolute atomic E-state index is 13.1. The van der Waals surface area contributed by atoms with Crippen LogP contribution in [0.4, 0.5) is 15.8 Å². The summed E-state index contributed by atoms with van der Waals surface area (Å²) in [6.45, 7) is 0. The van der Waals surface area contributed by atoms with Crippen LogP contribution in [0.25, 0.3) is 11.1 Å². The van der Waals surface area contributed by atoms with Gasteiger partial charge in [-0.2, -0.15) is 0 Å². The lowest BCUT2D eigenvalue weighted by atomic mass is 10.0. The van der Waals surface area contributed by atoms with Crippen molar-refractivity contribution in [1.29, 1.82) is 0 Å². The molecule has 0 radical (unpaired) electrons. The number of thioether (sulfide) groups is 1. The van der Waals surface area contributed by atoms with E-state index in [1.807, 2.05) is 24.5 Å². The summed E-state index contributed by atoms with van der Waals surface area (Å²) in [5.41, 5.74) is 9.24. The molecule has 1 amide bonds. The first kappa shape index (κ1) is 17.0. The largest absolute Gasteiger partial charge is 0.397 e. The number of anilines is 2. The van der Waals surface area contributed by atoms with Gasteiger partial charge in [-0.3, -0.25) is 4.79 Å². The molecule has 0 unspecified atom stereocenters. The first-order valence-electron chi connectivity index (χ1n) is 7.67. The minimum atomic E-state index is -0.290. The van der Waals surface area contributed by atoms with Gasteiger partial charge in [0.15, 0.2) is 0 Å². The Hall–Kier alpha value is -2.79. The summed E-state index contributed by atoms with van der Waals surface area (Å²) in [6, 6.07) is 18.9. The molecule has 0 bridgehead atoms. The number of carbonyl (C=O) groups excluding carboxylic acids is 1. The van der Waals surface area contributed by atoms with Gasteiger partial charge in [0, 0.05) is 10.5 Å². The topological polar surface area (TPSA) is 55.1 Å². The molecule has 0 aliphatic rings. The van der Waals surface area contributed by atoms with Gasteiger partial charge in [-0.05, 0) is 65.9 Å². The molecule has 25 heavy (non-hydrogen) atoms. The van der Waals surface area contributed by atoms with Gasteiger partial charge in [-0.1, -0.05) is 18.2 Å². The Morgan fingerprint density at radius 2 is 1.60 bits per heavy atom. The molecule has 0 saturated heterocycles. The molecule has 3 nitrogen and oxygen atoms in total. The highest BCUT2D eigenvalue weighted by molar-refractivity contribution is 7.98. The molecule has 0 aromatic heterocycles. The highest BCUT2D eigenvalue weighted by Gasteiger charge is 2.10. The second kappa shape index (κ2) is 7.40. The maximum atomic E-state index is 13.1. The average molecular weight is 352 g/mol. The molecule has 3 aromatic carbocycles. The van der Waals surface area contributed by atoms with Gasteiger partial charge in [0.2, 0.25) is 0 Å². The second-order valence-corrected chi connectivity index (χ2v) is 6.37. The number of rotatable bonds is 4. The van der Waals surface area contributed by atoms with Crippen molar-refractivity contribution in [2.24, 2.45) is 0 Å². The average Bonchev–Trinajstić information content (AvgIpc) is 2.64. The van der Waals surface area contributed by atoms with Gasteiger partial charge in [-0.25, -0.2) is 4.39 Å². The third-order valence-electron chi connectivity index (χ3n) is 3.83. The van der Waals surface area contributed by atoms with Gasteiger partial charge in [-0.15, -0.1) is 11.8 Å². The van der Waals surface area contributed by atoms with Gasteiger partial charge >= 0.3 is 0 Å². The molecule has 5 heteroatoms. The van der Waals surface area contributed by atoms with E-state index in [9.17, 15) is 9.18 Å². The minimum Gasteiger partial charge on any atom is -0.397 e. The lowest BCUT2D eigenvalue weighted by Gasteiger charge is -2.11. The zero-order valence-electron chi connectivity index (χ0n) is 13.6. The van der Waals surface area contributed by atoms with Crippen molar-refractivity contribution in [2.45, 2.75) is 4.90 Å². The van der Waals surface area contributed by atoms with Crippen LogP contribution in [-0.2, 0) is 0 Å². The molecular formula is C20H17FN2OS. The van der Waals surface area contributed by atoms with Crippen LogP contribution in [0.15, 0.2) is 71.6 Å². The van der Waals surface area contributed by atoms with Gasteiger partial charge < -0.3 is 11.1 Å². The zero-order valence-corrected chi connectivity index (χ0v) is 14.4. The predicted molar refractivity (Wildman–Crippen MR) is 102 cm³/mol. The predicted octanol–water partition coefficient (Wildman–Crippen LogP) is 5.05. The summed E-state index contributed by atoms with van der Waals surface area (Å²) in [4.78, 5) is 13.5. The van der Waals surface area contributed by atoms with Crippen molar-refractivity contribution in [2.75, 3.05) is 17.3 Å². The highest BCUT2D eigenvalue weighted by Crippen LogP contribution is 2.28. The molecule has 0 saturated carbocycles. The smallest absolute Gasteiger partial charge is 0.255 e. The quantitative estimate of drug-likeness (QED) is 0.510. The number of hydrogen-bond acceptors (Lipinski definition) is 3. The fourth-order valence-electron chi connectivity index (χ4n) is 2.42. The number of nitrogens with one attached hydrogen (secondary N) is 1. The monoisotopic (exact) mass is 352 g/mol. The van der Waals surface area contributed by atoms with E-state index in [0.29, 0.717) is 16.9 Å². The first-order chi connectivity index (χ1) is 12.1. The summed E-state index contributed by atoms with van der Waals surface area (Å²) < 4.78 is 13.1. The Labute approximate surface area is 150 Å². The Morgan fingerprint density at radius 1 is 0.960 bits per heavy atom. The van der Waals surface area contributed by atoms with E-state index in [2.05, 4.69) is 5.32 Å². The molecule has 3 N–H and O–H groups in total. The number of carbonyl (C=O) groups is 1. The lowest BCUT2D eigenvalue weighted by Crippen LogP contribution is -2.13. The van der Waals surface area contributed by atoms with Crippen LogP contribution in [0, 0.1) is 5.82 Å². The van der Waals surface area contributed by atoms with Crippen molar-refractivity contribution in [1.82, 2.24) is 0 Å². The van der Waals surface area contributed by atoms with Crippen LogP contribution in [-0.4, -0.2) is 12.2 Å². The fourth-order valence-corrected chi connectivity index (χ4v) is 2.83. The van der Waals surface area contributed by atoms with Gasteiger partial charge in [0.1, 0.15) is 5.82 Å². The molecule has 0 heterocycles. The molecule has 126 valence electrons. The third kappa shape index (κ3) is 4.00. The normalized spacial score (nSPS) is 10.5. The Balaban J connectivity index is 1.84. The van der Waals surface area contributed by atoms with E-state index >= 15 is 0 Å². The Morgan fingerprint density at radius 3 is 2.24 bits per heavy atom. The zero-order chi connectivity index (χ0) is 17.8. The first-order valence-corrected chi connectivity index (χ1v) is 8.90. The maximum Gasteiger partial charge on any atom is 0.255 e. The van der Waals surface area contributed by atoms with Crippen molar-refractivity contribution >= 4 is 29.0 Å². The molecule has 0 fully saturated rings. The van der Waals surface area contributed by atoms with E-state index in [4.69, 9.17) is 5.73 Å². The minimum absolute atomic E-state index is 0.226. The Bertz CT molecular complexity index is 893. The highest BCUT2D eigenvalue weighted by atomic mass is 32.2. The van der Waals surface area contributed by atoms with Gasteiger partial charge in [0.25, 0.3) is 5.91 Å². The number of nitrogens with two attached hydrogens (primary N) is 1. The molecule has 3 rings (SSSR count). The molecule has 0 spiro atoms. The molecular weight excluding hydrogens is 335 g/mol. The molecule has 3 aromatic rings. The summed E-state index contributed by atoms with van der Waals surface area (Å²) in [7, 11) is 0. The van der Waals surface area contributed by atoms with Crippen molar-refractivity contribution < 1.29 is 9.18 Å². The van der Waals surface area contributed by atoms with Crippen LogP contribution in [0.3, 0.4) is 0 Å². The van der Waals surface area contributed by atoms with E-state index < -0.39 is 0 Å². The van der Waals surface area contributed by atoms with Crippen molar-refractivity contribution in [3.63, 3.8) is 0 Å². The number of hydrogen-bond donors (Lipinski definition) is 2. The number of benzene rings is 3. The van der Waals surface area contributed by atoms with Crippen molar-refractivity contribution in [3.05, 3.63) is 78.1 Å². The third-order valence-corrected chi connectivity index (χ3v) is 4.57. The van der Waals surface area contributed by atoms with Crippen LogP contribution in [0.5, 0.6) is 0 Å². The Kier molecular flexibility index (Phi) is 5.05. The molecule has 0 atom stereocenters. The van der Waals surface area contributed by atoms with Crippen LogP contribution in [0.2, 0.25) is 0 Å². The number of halogens is 1. The lowest BCUT2D eigenvalue weighted by molar-refractivity contribution is 0.102. The van der Waals surface area contributed by atoms with Crippen molar-refractivity contribution in [3.8, 4) is 11.1 Å². The van der Waals surface area contributed by atoms with Crippen LogP contribution < -0.4 is 11.1 Å². The molecule has 0 aliphatic carbocycles. The summed E-state index contributed by atoms with van der Waals surface area (Å²) in [6.07, 6.45) is 1.98. The second-order valence-electron chi connectivity index (χ2n) is 5.49. The summed E-state index contributed by atoms with van der Waals surface area (Å²) >= 11 is 1.62. The van der Waals surface area contributed by atoms with Crippen LogP contribution in [0.1, 0.15) is 10.4 Å². The molecule has 0 aliphatic heterocycles. The summed E-state index contributed by atoms with van der Waals surface area (Å²) in [5.74, 6) is -0.517. The fraction of sp³-hybridized carbons (Fsp3) is 0.0500. The number of amides is 1. The van der Waals surface area contributed by atoms with E-state index in [1.54, 1.807) is 48.2 Å². The van der Waals surface area contributed by atoms with Crippen LogP contribution >= 0.6 is 11.8 Å². The van der Waals surface area contributed by atoms with E-state index in [1.165, 1.54) is 12.1 Å².